The molecule has 2 N–H and O–H groups in total. The van der Waals surface area contributed by atoms with Gasteiger partial charge in [0.1, 0.15) is 16.4 Å². The average molecular weight is 376 g/mol. The summed E-state index contributed by atoms with van der Waals surface area (Å²) in [5.74, 6) is 0.119. The van der Waals surface area contributed by atoms with Crippen LogP contribution in [0.3, 0.4) is 0 Å². The smallest absolute Gasteiger partial charge is 0.354 e. The maximum absolute atomic E-state index is 12.6. The molecule has 0 bridgehead atoms. The number of nitrogens with zero attached hydrogens (tertiary/aromatic N) is 2. The van der Waals surface area contributed by atoms with Crippen molar-refractivity contribution >= 4 is 27.0 Å². The predicted octanol–water partition coefficient (Wildman–Crippen LogP) is 1.52. The number of carbonyl (C=O) groups is 1. The highest BCUT2D eigenvalue weighted by atomic mass is 32.2. The zero-order chi connectivity index (χ0) is 18.9. The molecule has 26 heavy (non-hydrogen) atoms. The minimum atomic E-state index is -3.75. The normalized spacial score (nSPS) is 11.8. The van der Waals surface area contributed by atoms with Crippen LogP contribution in [0.2, 0.25) is 0 Å². The Balaban J connectivity index is 1.74. The van der Waals surface area contributed by atoms with Crippen LogP contribution in [-0.2, 0) is 28.2 Å². The molecule has 0 amide bonds. The van der Waals surface area contributed by atoms with Gasteiger partial charge in [-0.3, -0.25) is 0 Å². The first-order valence-corrected chi connectivity index (χ1v) is 9.49. The number of hydrogen-bond donors (Lipinski definition) is 2. The lowest BCUT2D eigenvalue weighted by molar-refractivity contribution is 0.0589. The van der Waals surface area contributed by atoms with Crippen LogP contribution in [-0.4, -0.2) is 42.6 Å². The van der Waals surface area contributed by atoms with E-state index in [1.54, 1.807) is 14.0 Å². The molecule has 0 atom stereocenters. The first kappa shape index (κ1) is 18.2. The molecule has 0 fully saturated rings. The third kappa shape index (κ3) is 3.35. The van der Waals surface area contributed by atoms with Crippen LogP contribution in [0.25, 0.3) is 11.0 Å². The van der Waals surface area contributed by atoms with Gasteiger partial charge in [-0.05, 0) is 25.1 Å². The summed E-state index contributed by atoms with van der Waals surface area (Å²) in [5, 5.41) is 0. The summed E-state index contributed by atoms with van der Waals surface area (Å²) in [4.78, 5) is 19.4. The van der Waals surface area contributed by atoms with Crippen molar-refractivity contribution in [3.05, 3.63) is 47.5 Å². The molecular weight excluding hydrogens is 356 g/mol. The summed E-state index contributed by atoms with van der Waals surface area (Å²) in [6, 6.07) is 8.93. The minimum absolute atomic E-state index is 0.0602. The molecular formula is C17H20N4O4S. The van der Waals surface area contributed by atoms with E-state index in [1.165, 1.54) is 17.7 Å². The van der Waals surface area contributed by atoms with Gasteiger partial charge in [0.2, 0.25) is 10.0 Å². The van der Waals surface area contributed by atoms with E-state index in [9.17, 15) is 13.2 Å². The number of rotatable bonds is 6. The van der Waals surface area contributed by atoms with Crippen LogP contribution in [0, 0.1) is 6.92 Å². The van der Waals surface area contributed by atoms with Crippen LogP contribution >= 0.6 is 0 Å². The number of imidazole rings is 1. The second-order valence-corrected chi connectivity index (χ2v) is 7.61. The Morgan fingerprint density at radius 3 is 2.77 bits per heavy atom. The van der Waals surface area contributed by atoms with Gasteiger partial charge in [-0.15, -0.1) is 0 Å². The predicted molar refractivity (Wildman–Crippen MR) is 96.5 cm³/mol. The molecule has 0 saturated carbocycles. The molecule has 0 aliphatic rings. The highest BCUT2D eigenvalue weighted by molar-refractivity contribution is 7.89. The van der Waals surface area contributed by atoms with Crippen LogP contribution < -0.4 is 4.72 Å². The first-order valence-electron chi connectivity index (χ1n) is 8.01. The van der Waals surface area contributed by atoms with E-state index in [0.29, 0.717) is 17.9 Å². The summed E-state index contributed by atoms with van der Waals surface area (Å²) >= 11 is 0. The van der Waals surface area contributed by atoms with Gasteiger partial charge < -0.3 is 14.3 Å². The number of aromatic nitrogens is 3. The number of benzene rings is 1. The second kappa shape index (κ2) is 6.93. The van der Waals surface area contributed by atoms with E-state index < -0.39 is 16.0 Å². The largest absolute Gasteiger partial charge is 0.464 e. The monoisotopic (exact) mass is 376 g/mol. The van der Waals surface area contributed by atoms with Crippen molar-refractivity contribution in [2.75, 3.05) is 13.7 Å². The molecule has 2 aromatic heterocycles. The molecule has 1 aromatic carbocycles. The topological polar surface area (TPSA) is 106 Å². The molecule has 0 radical (unpaired) electrons. The van der Waals surface area contributed by atoms with Gasteiger partial charge in [0.25, 0.3) is 0 Å². The second-order valence-electron chi connectivity index (χ2n) is 5.88. The van der Waals surface area contributed by atoms with Gasteiger partial charge in [-0.1, -0.05) is 12.1 Å². The number of esters is 1. The van der Waals surface area contributed by atoms with Crippen molar-refractivity contribution in [3.63, 3.8) is 0 Å². The van der Waals surface area contributed by atoms with E-state index in [1.807, 2.05) is 24.3 Å². The molecule has 9 heteroatoms. The highest BCUT2D eigenvalue weighted by Crippen LogP contribution is 2.20. The van der Waals surface area contributed by atoms with Crippen molar-refractivity contribution in [2.24, 2.45) is 7.05 Å². The summed E-state index contributed by atoms with van der Waals surface area (Å²) in [6.45, 7) is 1.82. The Kier molecular flexibility index (Phi) is 4.84. The van der Waals surface area contributed by atoms with Gasteiger partial charge in [-0.25, -0.2) is 22.9 Å². The lowest BCUT2D eigenvalue weighted by atomic mass is 10.3. The number of methoxy groups -OCH3 is 1. The highest BCUT2D eigenvalue weighted by Gasteiger charge is 2.24. The van der Waals surface area contributed by atoms with E-state index >= 15 is 0 Å². The molecule has 0 spiro atoms. The number of carbonyl (C=O) groups excluding carboxylic acids is 1. The van der Waals surface area contributed by atoms with Crippen LogP contribution in [0.1, 0.15) is 22.0 Å². The van der Waals surface area contributed by atoms with Crippen molar-refractivity contribution in [2.45, 2.75) is 18.2 Å². The molecule has 3 rings (SSSR count). The first-order chi connectivity index (χ1) is 12.3. The summed E-state index contributed by atoms with van der Waals surface area (Å²) < 4.78 is 33.9. The van der Waals surface area contributed by atoms with Crippen molar-refractivity contribution in [3.8, 4) is 0 Å². The third-order valence-electron chi connectivity index (χ3n) is 4.27. The van der Waals surface area contributed by atoms with Crippen LogP contribution in [0.5, 0.6) is 0 Å². The standard InChI is InChI=1S/C17H20N4O4S/c1-11-15(10-14(21(11)2)17(22)25-3)26(23,24)18-9-8-16-19-12-6-4-5-7-13(12)20-16/h4-7,10,18H,8-9H2,1-3H3,(H,19,20). The number of fused-ring (bicyclic) bond motifs is 1. The summed E-state index contributed by atoms with van der Waals surface area (Å²) in [7, 11) is -0.880. The van der Waals surface area contributed by atoms with Gasteiger partial charge in [-0.2, -0.15) is 0 Å². The molecule has 8 nitrogen and oxygen atoms in total. The van der Waals surface area contributed by atoms with Crippen LogP contribution in [0.15, 0.2) is 35.2 Å². The summed E-state index contributed by atoms with van der Waals surface area (Å²) in [6.07, 6.45) is 0.420. The maximum Gasteiger partial charge on any atom is 0.354 e. The molecule has 0 aliphatic heterocycles. The molecule has 0 unspecified atom stereocenters. The number of para-hydroxylation sites is 2. The van der Waals surface area contributed by atoms with Gasteiger partial charge in [0.05, 0.1) is 18.1 Å². The van der Waals surface area contributed by atoms with Crippen LogP contribution in [0.4, 0.5) is 0 Å². The van der Waals surface area contributed by atoms with Gasteiger partial charge in [0.15, 0.2) is 0 Å². The number of hydrogen-bond acceptors (Lipinski definition) is 5. The van der Waals surface area contributed by atoms with Gasteiger partial charge >= 0.3 is 5.97 Å². The van der Waals surface area contributed by atoms with Gasteiger partial charge in [0, 0.05) is 25.7 Å². The molecule has 2 heterocycles. The van der Waals surface area contributed by atoms with Crippen molar-refractivity contribution < 1.29 is 17.9 Å². The Morgan fingerprint density at radius 2 is 2.08 bits per heavy atom. The number of nitrogens with one attached hydrogen (secondary N) is 2. The number of sulfonamides is 1. The van der Waals surface area contributed by atoms with E-state index in [-0.39, 0.29) is 17.1 Å². The van der Waals surface area contributed by atoms with Crippen molar-refractivity contribution in [1.29, 1.82) is 0 Å². The fourth-order valence-corrected chi connectivity index (χ4v) is 4.07. The van der Waals surface area contributed by atoms with E-state index in [0.717, 1.165) is 11.0 Å². The SMILES string of the molecule is COC(=O)c1cc(S(=O)(=O)NCCc2nc3ccccc3[nH]2)c(C)n1C. The lowest BCUT2D eigenvalue weighted by Gasteiger charge is -2.06. The maximum atomic E-state index is 12.6. The Hall–Kier alpha value is -2.65. The average Bonchev–Trinajstić information content (AvgIpc) is 3.15. The number of H-pyrrole nitrogens is 1. The molecule has 0 saturated heterocycles. The number of ether oxygens (including phenoxy) is 1. The lowest BCUT2D eigenvalue weighted by Crippen LogP contribution is -2.26. The Bertz CT molecular complexity index is 1030. The quantitative estimate of drug-likeness (QED) is 0.635. The minimum Gasteiger partial charge on any atom is -0.464 e. The Labute approximate surface area is 151 Å². The molecule has 3 aromatic rings. The summed E-state index contributed by atoms with van der Waals surface area (Å²) in [5.41, 5.74) is 2.39. The zero-order valence-electron chi connectivity index (χ0n) is 14.7. The molecule has 0 aliphatic carbocycles. The molecule has 138 valence electrons. The van der Waals surface area contributed by atoms with Crippen molar-refractivity contribution in [1.82, 2.24) is 19.3 Å². The fourth-order valence-electron chi connectivity index (χ4n) is 2.75. The zero-order valence-corrected chi connectivity index (χ0v) is 15.6. The Morgan fingerprint density at radius 1 is 1.35 bits per heavy atom. The third-order valence-corrected chi connectivity index (χ3v) is 5.84. The van der Waals surface area contributed by atoms with E-state index in [4.69, 9.17) is 0 Å². The fraction of sp³-hybridized carbons (Fsp3) is 0.294. The number of aromatic amines is 1. The van der Waals surface area contributed by atoms with E-state index in [2.05, 4.69) is 19.4 Å².